The van der Waals surface area contributed by atoms with Crippen LogP contribution in [0.5, 0.6) is 0 Å². The van der Waals surface area contributed by atoms with Crippen LogP contribution in [0.4, 0.5) is 0 Å². The van der Waals surface area contributed by atoms with E-state index in [1.165, 1.54) is 7.11 Å². The van der Waals surface area contributed by atoms with Gasteiger partial charge in [0.2, 0.25) is 0 Å². The molecule has 0 fully saturated rings. The van der Waals surface area contributed by atoms with Gasteiger partial charge in [-0.25, -0.2) is 0 Å². The predicted molar refractivity (Wildman–Crippen MR) is 76.7 cm³/mol. The zero-order chi connectivity index (χ0) is 15.0. The first-order valence-electron chi connectivity index (χ1n) is 6.25. The number of benzene rings is 1. The summed E-state index contributed by atoms with van der Waals surface area (Å²) >= 11 is 0. The van der Waals surface area contributed by atoms with Crippen molar-refractivity contribution in [3.63, 3.8) is 0 Å². The van der Waals surface area contributed by atoms with Gasteiger partial charge in [0.1, 0.15) is 12.2 Å². The Kier molecular flexibility index (Phi) is 6.23. The topological polar surface area (TPSA) is 52.6 Å². The van der Waals surface area contributed by atoms with Gasteiger partial charge in [0.25, 0.3) is 0 Å². The van der Waals surface area contributed by atoms with Gasteiger partial charge >= 0.3 is 11.9 Å². The van der Waals surface area contributed by atoms with Gasteiger partial charge in [-0.15, -0.1) is 6.58 Å². The second-order valence-electron chi connectivity index (χ2n) is 4.03. The Balaban J connectivity index is 2.89. The molecule has 0 unspecified atom stereocenters. The highest BCUT2D eigenvalue weighted by Crippen LogP contribution is 2.21. The Morgan fingerprint density at radius 1 is 1.25 bits per heavy atom. The highest BCUT2D eigenvalue weighted by atomic mass is 16.5. The molecule has 0 aliphatic heterocycles. The van der Waals surface area contributed by atoms with E-state index >= 15 is 0 Å². The normalized spacial score (nSPS) is 10.8. The van der Waals surface area contributed by atoms with Gasteiger partial charge in [0.05, 0.1) is 7.11 Å². The van der Waals surface area contributed by atoms with Gasteiger partial charge in [0, 0.05) is 5.56 Å². The van der Waals surface area contributed by atoms with E-state index in [0.717, 1.165) is 11.1 Å². The van der Waals surface area contributed by atoms with Gasteiger partial charge < -0.3 is 9.47 Å². The highest BCUT2D eigenvalue weighted by molar-refractivity contribution is 5.93. The first-order chi connectivity index (χ1) is 9.62. The van der Waals surface area contributed by atoms with E-state index in [9.17, 15) is 9.59 Å². The van der Waals surface area contributed by atoms with E-state index in [-0.39, 0.29) is 0 Å². The molecule has 0 aromatic heterocycles. The van der Waals surface area contributed by atoms with Crippen molar-refractivity contribution in [2.75, 3.05) is 7.11 Å². The molecule has 1 aromatic carbocycles. The van der Waals surface area contributed by atoms with Crippen molar-refractivity contribution in [2.45, 2.75) is 19.8 Å². The quantitative estimate of drug-likeness (QED) is 0.346. The van der Waals surface area contributed by atoms with Crippen molar-refractivity contribution in [3.05, 3.63) is 54.1 Å². The Bertz CT molecular complexity index is 529. The van der Waals surface area contributed by atoms with Gasteiger partial charge in [-0.05, 0) is 25.0 Å². The number of hydrogen-bond donors (Lipinski definition) is 0. The average molecular weight is 274 g/mol. The first-order valence-corrected chi connectivity index (χ1v) is 6.25. The Hall–Kier alpha value is -2.36. The van der Waals surface area contributed by atoms with Crippen molar-refractivity contribution in [3.8, 4) is 0 Å². The van der Waals surface area contributed by atoms with Crippen LogP contribution in [-0.2, 0) is 25.5 Å². The number of hydrogen-bond acceptors (Lipinski definition) is 4. The van der Waals surface area contributed by atoms with Crippen LogP contribution in [0.1, 0.15) is 24.5 Å². The molecule has 4 heteroatoms. The number of carbonyl (C=O) groups excluding carboxylic acids is 2. The van der Waals surface area contributed by atoms with Gasteiger partial charge in [-0.1, -0.05) is 30.3 Å². The first kappa shape index (κ1) is 15.7. The average Bonchev–Trinajstić information content (AvgIpc) is 2.45. The summed E-state index contributed by atoms with van der Waals surface area (Å²) in [6, 6.07) is 7.57. The molecule has 0 amide bonds. The second-order valence-corrected chi connectivity index (χ2v) is 4.03. The third-order valence-electron chi connectivity index (χ3n) is 2.65. The fourth-order valence-electron chi connectivity index (χ4n) is 1.71. The third-order valence-corrected chi connectivity index (χ3v) is 2.65. The van der Waals surface area contributed by atoms with Gasteiger partial charge in [-0.3, -0.25) is 9.59 Å². The molecule has 0 atom stereocenters. The van der Waals surface area contributed by atoms with Crippen molar-refractivity contribution in [2.24, 2.45) is 0 Å². The summed E-state index contributed by atoms with van der Waals surface area (Å²) in [4.78, 5) is 22.7. The van der Waals surface area contributed by atoms with E-state index in [0.29, 0.717) is 12.2 Å². The molecule has 4 nitrogen and oxygen atoms in total. The fraction of sp³-hybridized carbons (Fsp3) is 0.250. The van der Waals surface area contributed by atoms with E-state index in [1.807, 2.05) is 24.3 Å². The molecular formula is C16H18O4. The maximum atomic E-state index is 11.6. The molecule has 0 bridgehead atoms. The van der Waals surface area contributed by atoms with Crippen LogP contribution in [0, 0.1) is 0 Å². The lowest BCUT2D eigenvalue weighted by Crippen LogP contribution is -2.12. The summed E-state index contributed by atoms with van der Waals surface area (Å²) in [5.74, 6) is -0.834. The summed E-state index contributed by atoms with van der Waals surface area (Å²) in [7, 11) is 1.23. The summed E-state index contributed by atoms with van der Waals surface area (Å²) in [6.07, 6.45) is 3.74. The van der Waals surface area contributed by atoms with Gasteiger partial charge in [0.15, 0.2) is 0 Å². The van der Waals surface area contributed by atoms with Crippen molar-refractivity contribution in [1.82, 2.24) is 0 Å². The molecule has 0 heterocycles. The highest BCUT2D eigenvalue weighted by Gasteiger charge is 2.15. The van der Waals surface area contributed by atoms with Crippen LogP contribution in [0.25, 0.3) is 5.76 Å². The smallest absolute Gasteiger partial charge is 0.322 e. The van der Waals surface area contributed by atoms with Crippen LogP contribution in [0.2, 0.25) is 0 Å². The summed E-state index contributed by atoms with van der Waals surface area (Å²) in [5, 5.41) is 0. The van der Waals surface area contributed by atoms with Crippen molar-refractivity contribution in [1.29, 1.82) is 0 Å². The van der Waals surface area contributed by atoms with E-state index in [2.05, 4.69) is 11.3 Å². The molecule has 0 N–H and O–H groups in total. The number of esters is 2. The van der Waals surface area contributed by atoms with Crippen LogP contribution in [0.3, 0.4) is 0 Å². The maximum absolute atomic E-state index is 11.6. The Morgan fingerprint density at radius 2 is 1.95 bits per heavy atom. The van der Waals surface area contributed by atoms with E-state index < -0.39 is 18.4 Å². The largest absolute Gasteiger partial charge is 0.469 e. The predicted octanol–water partition coefficient (Wildman–Crippen LogP) is 2.88. The molecule has 0 saturated carbocycles. The van der Waals surface area contributed by atoms with Crippen LogP contribution in [-0.4, -0.2) is 19.0 Å². The maximum Gasteiger partial charge on any atom is 0.322 e. The lowest BCUT2D eigenvalue weighted by Gasteiger charge is -2.12. The monoisotopic (exact) mass is 274 g/mol. The van der Waals surface area contributed by atoms with Crippen LogP contribution in [0.15, 0.2) is 43.0 Å². The summed E-state index contributed by atoms with van der Waals surface area (Å²) in [6.45, 7) is 5.47. The molecule has 20 heavy (non-hydrogen) atoms. The van der Waals surface area contributed by atoms with Crippen molar-refractivity contribution < 1.29 is 19.1 Å². The summed E-state index contributed by atoms with van der Waals surface area (Å²) in [5.41, 5.74) is 1.81. The SMILES string of the molecule is C=CCc1ccccc1/C(=C\C)OC(=O)CC(=O)OC. The number of carbonyl (C=O) groups is 2. The lowest BCUT2D eigenvalue weighted by molar-refractivity contribution is -0.149. The molecule has 1 aromatic rings. The third kappa shape index (κ3) is 4.39. The minimum absolute atomic E-state index is 0.405. The zero-order valence-corrected chi connectivity index (χ0v) is 11.7. The molecule has 0 radical (unpaired) electrons. The molecule has 0 aliphatic rings. The minimum Gasteiger partial charge on any atom is -0.469 e. The molecule has 106 valence electrons. The van der Waals surface area contributed by atoms with Crippen molar-refractivity contribution >= 4 is 17.7 Å². The molecule has 0 aliphatic carbocycles. The zero-order valence-electron chi connectivity index (χ0n) is 11.7. The molecular weight excluding hydrogens is 256 g/mol. The molecule has 0 saturated heterocycles. The Morgan fingerprint density at radius 3 is 2.55 bits per heavy atom. The Labute approximate surface area is 118 Å². The summed E-state index contributed by atoms with van der Waals surface area (Å²) < 4.78 is 9.66. The standard InChI is InChI=1S/C16H18O4/c1-4-8-12-9-6-7-10-13(12)14(5-2)20-16(18)11-15(17)19-3/h4-7,9-10H,1,8,11H2,2-3H3/b14-5+. The fourth-order valence-corrected chi connectivity index (χ4v) is 1.71. The number of ether oxygens (including phenoxy) is 2. The lowest BCUT2D eigenvalue weighted by atomic mass is 10.0. The second kappa shape index (κ2) is 7.94. The molecule has 0 spiro atoms. The van der Waals surface area contributed by atoms with Crippen LogP contribution < -0.4 is 0 Å². The van der Waals surface area contributed by atoms with Crippen LogP contribution >= 0.6 is 0 Å². The van der Waals surface area contributed by atoms with E-state index in [4.69, 9.17) is 4.74 Å². The minimum atomic E-state index is -0.640. The van der Waals surface area contributed by atoms with Gasteiger partial charge in [-0.2, -0.15) is 0 Å². The number of methoxy groups -OCH3 is 1. The van der Waals surface area contributed by atoms with E-state index in [1.54, 1.807) is 19.1 Å². The number of allylic oxidation sites excluding steroid dienone is 2. The molecule has 1 rings (SSSR count). The number of rotatable bonds is 6.